The third-order valence-electron chi connectivity index (χ3n) is 2.61. The van der Waals surface area contributed by atoms with E-state index in [2.05, 4.69) is 0 Å². The number of rotatable bonds is 9. The first kappa shape index (κ1) is 16.7. The van der Waals surface area contributed by atoms with Gasteiger partial charge < -0.3 is 19.6 Å². The van der Waals surface area contributed by atoms with Crippen molar-refractivity contribution in [2.24, 2.45) is 0 Å². The maximum atomic E-state index is 12.1. The normalized spacial score (nSPS) is 10.2. The van der Waals surface area contributed by atoms with Crippen molar-refractivity contribution in [1.29, 1.82) is 0 Å². The van der Waals surface area contributed by atoms with Crippen LogP contribution >= 0.6 is 0 Å². The molecule has 6 nitrogen and oxygen atoms in total. The van der Waals surface area contributed by atoms with Crippen LogP contribution in [0, 0.1) is 0 Å². The summed E-state index contributed by atoms with van der Waals surface area (Å²) in [7, 11) is 0. The highest BCUT2D eigenvalue weighted by atomic mass is 16.5. The summed E-state index contributed by atoms with van der Waals surface area (Å²) in [6.07, 6.45) is -0.0252. The van der Waals surface area contributed by atoms with Crippen LogP contribution in [-0.4, -0.2) is 66.3 Å². The quantitative estimate of drug-likeness (QED) is 0.634. The second-order valence-corrected chi connectivity index (χ2v) is 3.78. The molecule has 0 atom stereocenters. The number of aliphatic carboxylic acids is 1. The molecule has 0 rings (SSSR count). The van der Waals surface area contributed by atoms with Crippen molar-refractivity contribution in [3.05, 3.63) is 0 Å². The maximum Gasteiger partial charge on any atom is 0.320 e. The Morgan fingerprint density at radius 3 is 2.06 bits per heavy atom. The fraction of sp³-hybridized carbons (Fsp3) is 0.833. The van der Waals surface area contributed by atoms with E-state index in [-0.39, 0.29) is 19.0 Å². The first-order valence-electron chi connectivity index (χ1n) is 6.40. The molecule has 0 spiro atoms. The average molecular weight is 260 g/mol. The zero-order valence-corrected chi connectivity index (χ0v) is 11.5. The minimum Gasteiger partial charge on any atom is -0.481 e. The molecule has 106 valence electrons. The molecule has 0 aromatic carbocycles. The molecule has 0 heterocycles. The van der Waals surface area contributed by atoms with Crippen LogP contribution in [0.25, 0.3) is 0 Å². The fourth-order valence-electron chi connectivity index (χ4n) is 1.53. The molecular weight excluding hydrogens is 236 g/mol. The molecule has 0 saturated heterocycles. The van der Waals surface area contributed by atoms with Gasteiger partial charge in [0.05, 0.1) is 13.0 Å². The van der Waals surface area contributed by atoms with Crippen LogP contribution in [0.4, 0.5) is 4.79 Å². The number of carboxylic acid groups (broad SMARTS) is 1. The van der Waals surface area contributed by atoms with Crippen LogP contribution in [0.1, 0.15) is 27.2 Å². The number of hydrogen-bond acceptors (Lipinski definition) is 3. The van der Waals surface area contributed by atoms with E-state index < -0.39 is 5.97 Å². The van der Waals surface area contributed by atoms with Crippen molar-refractivity contribution in [3.63, 3.8) is 0 Å². The lowest BCUT2D eigenvalue weighted by Gasteiger charge is -2.28. The standard InChI is InChI=1S/C12H24N2O4/c1-4-13(8-7-11(15)16)12(17)14(5-2)9-10-18-6-3/h4-10H2,1-3H3,(H,15,16). The highest BCUT2D eigenvalue weighted by molar-refractivity contribution is 5.75. The van der Waals surface area contributed by atoms with Crippen molar-refractivity contribution < 1.29 is 19.4 Å². The Labute approximate surface area is 109 Å². The van der Waals surface area contributed by atoms with E-state index in [1.165, 1.54) is 0 Å². The lowest BCUT2D eigenvalue weighted by Crippen LogP contribution is -2.45. The van der Waals surface area contributed by atoms with Crippen molar-refractivity contribution in [3.8, 4) is 0 Å². The van der Waals surface area contributed by atoms with E-state index in [9.17, 15) is 9.59 Å². The molecule has 0 fully saturated rings. The number of hydrogen-bond donors (Lipinski definition) is 1. The number of carbonyl (C=O) groups is 2. The van der Waals surface area contributed by atoms with Gasteiger partial charge in [-0.3, -0.25) is 4.79 Å². The smallest absolute Gasteiger partial charge is 0.320 e. The van der Waals surface area contributed by atoms with Gasteiger partial charge in [0.15, 0.2) is 0 Å². The minimum atomic E-state index is -0.890. The lowest BCUT2D eigenvalue weighted by molar-refractivity contribution is -0.137. The fourth-order valence-corrected chi connectivity index (χ4v) is 1.53. The average Bonchev–Trinajstić information content (AvgIpc) is 2.35. The molecule has 0 aliphatic carbocycles. The van der Waals surface area contributed by atoms with Gasteiger partial charge in [-0.1, -0.05) is 0 Å². The predicted octanol–water partition coefficient (Wildman–Crippen LogP) is 1.26. The highest BCUT2D eigenvalue weighted by Gasteiger charge is 2.18. The van der Waals surface area contributed by atoms with E-state index in [0.717, 1.165) is 0 Å². The molecule has 0 aromatic heterocycles. The number of likely N-dealkylation sites (N-methyl/N-ethyl adjacent to an activating group) is 1. The van der Waals surface area contributed by atoms with Gasteiger partial charge in [-0.05, 0) is 20.8 Å². The van der Waals surface area contributed by atoms with Crippen molar-refractivity contribution in [2.45, 2.75) is 27.2 Å². The molecule has 0 bridgehead atoms. The molecule has 1 N–H and O–H groups in total. The van der Waals surface area contributed by atoms with Gasteiger partial charge in [-0.15, -0.1) is 0 Å². The lowest BCUT2D eigenvalue weighted by atomic mass is 10.4. The van der Waals surface area contributed by atoms with E-state index in [1.54, 1.807) is 9.80 Å². The first-order valence-corrected chi connectivity index (χ1v) is 6.40. The Morgan fingerprint density at radius 2 is 1.61 bits per heavy atom. The van der Waals surface area contributed by atoms with E-state index in [4.69, 9.17) is 9.84 Å². The molecule has 0 unspecified atom stereocenters. The summed E-state index contributed by atoms with van der Waals surface area (Å²) < 4.78 is 5.22. The predicted molar refractivity (Wildman–Crippen MR) is 68.6 cm³/mol. The Balaban J connectivity index is 4.28. The molecule has 0 aliphatic heterocycles. The number of carboxylic acids is 1. The second kappa shape index (κ2) is 9.70. The van der Waals surface area contributed by atoms with Gasteiger partial charge in [-0.25, -0.2) is 4.79 Å². The third-order valence-corrected chi connectivity index (χ3v) is 2.61. The SMILES string of the molecule is CCOCCN(CC)C(=O)N(CC)CCC(=O)O. The molecule has 18 heavy (non-hydrogen) atoms. The minimum absolute atomic E-state index is 0.0252. The number of ether oxygens (including phenoxy) is 1. The van der Waals surface area contributed by atoms with Gasteiger partial charge >= 0.3 is 12.0 Å². The monoisotopic (exact) mass is 260 g/mol. The Morgan fingerprint density at radius 1 is 1.06 bits per heavy atom. The van der Waals surface area contributed by atoms with Gasteiger partial charge in [0, 0.05) is 32.8 Å². The third kappa shape index (κ3) is 6.44. The maximum absolute atomic E-state index is 12.1. The van der Waals surface area contributed by atoms with Crippen LogP contribution in [0.2, 0.25) is 0 Å². The second-order valence-electron chi connectivity index (χ2n) is 3.78. The zero-order valence-electron chi connectivity index (χ0n) is 11.5. The molecule has 2 amide bonds. The number of carbonyl (C=O) groups excluding carboxylic acids is 1. The first-order chi connectivity index (χ1) is 8.56. The van der Waals surface area contributed by atoms with Crippen LogP contribution < -0.4 is 0 Å². The summed E-state index contributed by atoms with van der Waals surface area (Å²) in [4.78, 5) is 25.8. The van der Waals surface area contributed by atoms with Crippen LogP contribution in [0.15, 0.2) is 0 Å². The Bertz CT molecular complexity index is 258. The molecule has 0 aliphatic rings. The summed E-state index contributed by atoms with van der Waals surface area (Å²) in [6.45, 7) is 8.67. The van der Waals surface area contributed by atoms with Gasteiger partial charge in [-0.2, -0.15) is 0 Å². The zero-order chi connectivity index (χ0) is 14.0. The molecular formula is C12H24N2O4. The highest BCUT2D eigenvalue weighted by Crippen LogP contribution is 2.01. The van der Waals surface area contributed by atoms with Gasteiger partial charge in [0.1, 0.15) is 0 Å². The van der Waals surface area contributed by atoms with Crippen molar-refractivity contribution in [2.75, 3.05) is 39.4 Å². The van der Waals surface area contributed by atoms with Crippen molar-refractivity contribution >= 4 is 12.0 Å². The topological polar surface area (TPSA) is 70.1 Å². The Hall–Kier alpha value is -1.30. The summed E-state index contributed by atoms with van der Waals surface area (Å²) >= 11 is 0. The van der Waals surface area contributed by atoms with E-state index in [1.807, 2.05) is 20.8 Å². The molecule has 0 saturated carbocycles. The van der Waals surface area contributed by atoms with Crippen LogP contribution in [-0.2, 0) is 9.53 Å². The van der Waals surface area contributed by atoms with E-state index in [0.29, 0.717) is 32.8 Å². The largest absolute Gasteiger partial charge is 0.481 e. The number of urea groups is 1. The number of amides is 2. The van der Waals surface area contributed by atoms with Crippen LogP contribution in [0.3, 0.4) is 0 Å². The molecule has 0 radical (unpaired) electrons. The summed E-state index contributed by atoms with van der Waals surface area (Å²) in [5.74, 6) is -0.890. The molecule has 6 heteroatoms. The van der Waals surface area contributed by atoms with E-state index >= 15 is 0 Å². The summed E-state index contributed by atoms with van der Waals surface area (Å²) in [5.41, 5.74) is 0. The molecule has 0 aromatic rings. The van der Waals surface area contributed by atoms with Gasteiger partial charge in [0.25, 0.3) is 0 Å². The summed E-state index contributed by atoms with van der Waals surface area (Å²) in [6, 6.07) is -0.124. The Kier molecular flexibility index (Phi) is 9.00. The van der Waals surface area contributed by atoms with Crippen LogP contribution in [0.5, 0.6) is 0 Å². The van der Waals surface area contributed by atoms with Crippen molar-refractivity contribution in [1.82, 2.24) is 9.80 Å². The number of nitrogens with zero attached hydrogens (tertiary/aromatic N) is 2. The summed E-state index contributed by atoms with van der Waals surface area (Å²) in [5, 5.41) is 8.64. The van der Waals surface area contributed by atoms with Gasteiger partial charge in [0.2, 0.25) is 0 Å².